The summed E-state index contributed by atoms with van der Waals surface area (Å²) in [4.78, 5) is 98.8. The molecule has 3 atom stereocenters. The summed E-state index contributed by atoms with van der Waals surface area (Å²) < 4.78 is 0. The Bertz CT molecular complexity index is 2230. The summed E-state index contributed by atoms with van der Waals surface area (Å²) >= 11 is 0. The van der Waals surface area contributed by atoms with E-state index in [2.05, 4.69) is 47.3 Å². The van der Waals surface area contributed by atoms with Gasteiger partial charge in [-0.1, -0.05) is 0 Å². The fourth-order valence-electron chi connectivity index (χ4n) is 9.54. The molecule has 7 heterocycles. The average Bonchev–Trinajstić information content (AvgIpc) is 3.93. The van der Waals surface area contributed by atoms with Crippen molar-refractivity contribution in [2.75, 3.05) is 99.1 Å². The summed E-state index contributed by atoms with van der Waals surface area (Å²) in [6, 6.07) is 12.6. The highest BCUT2D eigenvalue weighted by Gasteiger charge is 2.45. The second kappa shape index (κ2) is 16.0. The van der Waals surface area contributed by atoms with Crippen LogP contribution in [0.2, 0.25) is 0 Å². The predicted molar refractivity (Wildman–Crippen MR) is 222 cm³/mol. The number of aromatic nitrogens is 2. The third-order valence-electron chi connectivity index (χ3n) is 12.9. The number of primary amides is 1. The van der Waals surface area contributed by atoms with Crippen LogP contribution in [0.3, 0.4) is 0 Å². The molecule has 60 heavy (non-hydrogen) atoms. The van der Waals surface area contributed by atoms with E-state index in [-0.39, 0.29) is 30.6 Å². The van der Waals surface area contributed by atoms with Crippen molar-refractivity contribution in [3.05, 3.63) is 65.5 Å². The molecule has 0 radical (unpaired) electrons. The van der Waals surface area contributed by atoms with Crippen LogP contribution >= 0.6 is 0 Å². The van der Waals surface area contributed by atoms with E-state index in [9.17, 15) is 28.8 Å². The van der Waals surface area contributed by atoms with Gasteiger partial charge in [0.1, 0.15) is 11.9 Å². The number of benzene rings is 2. The van der Waals surface area contributed by atoms with Crippen molar-refractivity contribution >= 4 is 64.3 Å². The lowest BCUT2D eigenvalue weighted by molar-refractivity contribution is -0.136. The molecule has 1 unspecified atom stereocenters. The number of nitrogens with zero attached hydrogens (tertiary/aromatic N) is 9. The van der Waals surface area contributed by atoms with E-state index < -0.39 is 35.6 Å². The average molecular weight is 819 g/mol. The van der Waals surface area contributed by atoms with E-state index in [1.165, 1.54) is 0 Å². The monoisotopic (exact) mass is 818 g/mol. The highest BCUT2D eigenvalue weighted by Crippen LogP contribution is 2.33. The molecule has 18 heteroatoms. The Morgan fingerprint density at radius 2 is 1.58 bits per heavy atom. The molecule has 0 bridgehead atoms. The largest absolute Gasteiger partial charge is 0.371 e. The number of carbonyl (C=O) groups excluding carboxylic acids is 6. The van der Waals surface area contributed by atoms with Crippen molar-refractivity contribution in [3.8, 4) is 0 Å². The molecule has 4 N–H and O–H groups in total. The first-order valence-corrected chi connectivity index (χ1v) is 20.9. The highest BCUT2D eigenvalue weighted by atomic mass is 16.2. The van der Waals surface area contributed by atoms with Gasteiger partial charge in [-0.2, -0.15) is 0 Å². The Labute approximate surface area is 347 Å². The number of amides is 7. The lowest BCUT2D eigenvalue weighted by atomic mass is 10.0. The van der Waals surface area contributed by atoms with E-state index in [1.54, 1.807) is 23.2 Å². The highest BCUT2D eigenvalue weighted by molar-refractivity contribution is 6.23. The summed E-state index contributed by atoms with van der Waals surface area (Å²) in [5.74, 6) is -1.29. The normalized spacial score (nSPS) is 23.8. The first-order chi connectivity index (χ1) is 29.0. The zero-order valence-corrected chi connectivity index (χ0v) is 33.7. The first-order valence-electron chi connectivity index (χ1n) is 20.9. The van der Waals surface area contributed by atoms with Crippen molar-refractivity contribution in [2.24, 2.45) is 11.7 Å². The van der Waals surface area contributed by atoms with Crippen molar-refractivity contribution < 1.29 is 28.8 Å². The molecular formula is C42H50N12O6. The number of hydrogen-bond donors (Lipinski definition) is 3. The van der Waals surface area contributed by atoms with Gasteiger partial charge in [0.25, 0.3) is 17.7 Å². The van der Waals surface area contributed by atoms with Gasteiger partial charge in [-0.3, -0.25) is 39.1 Å². The van der Waals surface area contributed by atoms with Crippen LogP contribution < -0.4 is 31.1 Å². The number of carbonyl (C=O) groups is 6. The summed E-state index contributed by atoms with van der Waals surface area (Å²) in [5, 5.41) is 5.52. The van der Waals surface area contributed by atoms with Crippen LogP contribution in [0.5, 0.6) is 0 Å². The van der Waals surface area contributed by atoms with Crippen LogP contribution in [0.15, 0.2) is 48.7 Å². The second-order valence-electron chi connectivity index (χ2n) is 16.7. The van der Waals surface area contributed by atoms with Crippen molar-refractivity contribution in [1.82, 2.24) is 34.9 Å². The van der Waals surface area contributed by atoms with Gasteiger partial charge in [-0.15, -0.1) is 0 Å². The Morgan fingerprint density at radius 3 is 2.32 bits per heavy atom. The molecule has 314 valence electrons. The lowest BCUT2D eigenvalue weighted by Gasteiger charge is -2.37. The number of urea groups is 1. The topological polar surface area (TPSA) is 201 Å². The van der Waals surface area contributed by atoms with E-state index in [0.717, 1.165) is 100 Å². The Morgan fingerprint density at radius 1 is 0.817 bits per heavy atom. The molecule has 6 aliphatic rings. The Balaban J connectivity index is 0.771. The minimum absolute atomic E-state index is 0.0561. The lowest BCUT2D eigenvalue weighted by Crippen LogP contribution is -2.54. The van der Waals surface area contributed by atoms with Crippen LogP contribution in [-0.2, 0) is 9.59 Å². The van der Waals surface area contributed by atoms with E-state index >= 15 is 0 Å². The molecule has 5 saturated heterocycles. The molecule has 5 fully saturated rings. The Hall–Kier alpha value is -6.30. The molecule has 7 amide bonds. The number of piperazine rings is 1. The maximum absolute atomic E-state index is 13.4. The number of rotatable bonds is 10. The third kappa shape index (κ3) is 7.55. The van der Waals surface area contributed by atoms with E-state index in [1.807, 2.05) is 30.1 Å². The van der Waals surface area contributed by atoms with Gasteiger partial charge in [-0.05, 0) is 74.1 Å². The number of likely N-dealkylation sites (N-methyl/N-ethyl adjacent to an activating group) is 1. The summed E-state index contributed by atoms with van der Waals surface area (Å²) in [6.45, 7) is 9.11. The fourth-order valence-corrected chi connectivity index (χ4v) is 9.54. The molecule has 0 spiro atoms. The van der Waals surface area contributed by atoms with Gasteiger partial charge >= 0.3 is 6.03 Å². The van der Waals surface area contributed by atoms with Crippen LogP contribution in [0.4, 0.5) is 33.5 Å². The number of imide groups is 2. The summed E-state index contributed by atoms with van der Waals surface area (Å²) in [6.07, 6.45) is 4.66. The van der Waals surface area contributed by atoms with Crippen LogP contribution in [-0.4, -0.2) is 156 Å². The third-order valence-corrected chi connectivity index (χ3v) is 12.9. The SMILES string of the molecule is CN1CCN([C@@H]2CCCN(c3cnc(C(N)=O)c(Nc4ccc(N5CCN(C[C@H]6CCN(c7ccc8c(c7)C(=O)N(C7CCC(=O)NC7=O)C8=O)C6)CC5)cc4)n3)C2)C1=O. The molecule has 1 aromatic heterocycles. The minimum atomic E-state index is -0.980. The van der Waals surface area contributed by atoms with Crippen molar-refractivity contribution in [3.63, 3.8) is 0 Å². The molecule has 9 rings (SSSR count). The van der Waals surface area contributed by atoms with Gasteiger partial charge in [0.15, 0.2) is 11.5 Å². The molecule has 2 aromatic carbocycles. The molecule has 0 aliphatic carbocycles. The fraction of sp³-hybridized carbons (Fsp3) is 0.476. The standard InChI is InChI=1S/C42H50N12O6/c1-48-15-20-53(42(48)60)30-3-2-13-52(25-30)34-22-44-36(37(43)56)38(46-34)45-27-4-6-28(7-5-27)50-18-16-49(17-19-50)23-26-12-14-51(24-26)29-8-9-31-32(21-29)41(59)54(40(31)58)33-10-11-35(55)47-39(33)57/h4-9,21-22,26,30,33H,2-3,10-20,23-25H2,1H3,(H2,43,56)(H,45,46)(H,47,55,57)/t26-,30-,33?/m1/s1. The van der Waals surface area contributed by atoms with E-state index in [0.29, 0.717) is 41.8 Å². The molecule has 18 nitrogen and oxygen atoms in total. The molecule has 6 aliphatic heterocycles. The van der Waals surface area contributed by atoms with Gasteiger partial charge in [-0.25, -0.2) is 14.8 Å². The van der Waals surface area contributed by atoms with Crippen LogP contribution in [0, 0.1) is 5.92 Å². The number of nitrogens with one attached hydrogen (secondary N) is 2. The van der Waals surface area contributed by atoms with Crippen molar-refractivity contribution in [2.45, 2.75) is 44.2 Å². The first kappa shape index (κ1) is 39.2. The van der Waals surface area contributed by atoms with E-state index in [4.69, 9.17) is 10.7 Å². The zero-order valence-electron chi connectivity index (χ0n) is 33.7. The van der Waals surface area contributed by atoms with Crippen LogP contribution in [0.1, 0.15) is 63.3 Å². The number of piperidine rings is 2. The number of nitrogens with two attached hydrogens (primary N) is 1. The quantitative estimate of drug-likeness (QED) is 0.250. The Kier molecular flexibility index (Phi) is 10.5. The molecule has 3 aromatic rings. The summed E-state index contributed by atoms with van der Waals surface area (Å²) in [7, 11) is 1.83. The predicted octanol–water partition coefficient (Wildman–Crippen LogP) is 1.71. The van der Waals surface area contributed by atoms with Gasteiger partial charge < -0.3 is 35.6 Å². The number of fused-ring (bicyclic) bond motifs is 1. The van der Waals surface area contributed by atoms with Crippen LogP contribution in [0.25, 0.3) is 0 Å². The number of anilines is 5. The van der Waals surface area contributed by atoms with Crippen molar-refractivity contribution in [1.29, 1.82) is 0 Å². The zero-order chi connectivity index (χ0) is 41.7. The molecular weight excluding hydrogens is 769 g/mol. The minimum Gasteiger partial charge on any atom is -0.371 e. The number of hydrogen-bond acceptors (Lipinski definition) is 13. The van der Waals surface area contributed by atoms with Gasteiger partial charge in [0.05, 0.1) is 23.4 Å². The smallest absolute Gasteiger partial charge is 0.320 e. The second-order valence-corrected chi connectivity index (χ2v) is 16.7. The maximum Gasteiger partial charge on any atom is 0.320 e. The summed E-state index contributed by atoms with van der Waals surface area (Å²) in [5.41, 5.74) is 9.10. The van der Waals surface area contributed by atoms with Gasteiger partial charge in [0.2, 0.25) is 11.8 Å². The molecule has 0 saturated carbocycles. The maximum atomic E-state index is 13.4. The van der Waals surface area contributed by atoms with Gasteiger partial charge in [0, 0.05) is 103 Å².